The van der Waals surface area contributed by atoms with Crippen molar-refractivity contribution in [2.45, 2.75) is 143 Å². The average molecular weight is 703 g/mol. The van der Waals surface area contributed by atoms with Gasteiger partial charge in [0.05, 0.1) is 17.3 Å². The number of allylic oxidation sites excluding steroid dienone is 5. The van der Waals surface area contributed by atoms with Crippen molar-refractivity contribution in [2.75, 3.05) is 0 Å². The number of ether oxygens (including phenoxy) is 3. The van der Waals surface area contributed by atoms with Crippen LogP contribution in [-0.2, 0) is 26.3 Å². The number of fused-ring (bicyclic) bond motifs is 6. The minimum atomic E-state index is -1.53. The third-order valence-corrected chi connectivity index (χ3v) is 13.3. The van der Waals surface area contributed by atoms with Gasteiger partial charge in [-0.05, 0) is 107 Å². The molecular formula is C42H54O9. The molecule has 9 nitrogen and oxygen atoms in total. The normalized spacial score (nSPS) is 33.6. The molecule has 0 bridgehead atoms. The Bertz CT molecular complexity index is 1860. The van der Waals surface area contributed by atoms with E-state index in [-0.39, 0.29) is 16.9 Å². The van der Waals surface area contributed by atoms with Gasteiger partial charge in [-0.15, -0.1) is 0 Å². The summed E-state index contributed by atoms with van der Waals surface area (Å²) in [6, 6.07) is 1.87. The highest BCUT2D eigenvalue weighted by Crippen LogP contribution is 2.69. The number of aliphatic hydroxyl groups is 4. The van der Waals surface area contributed by atoms with E-state index in [0.29, 0.717) is 59.5 Å². The van der Waals surface area contributed by atoms with Gasteiger partial charge in [0.1, 0.15) is 6.10 Å². The van der Waals surface area contributed by atoms with Gasteiger partial charge in [-0.3, -0.25) is 9.59 Å². The van der Waals surface area contributed by atoms with E-state index in [9.17, 15) is 30.0 Å². The number of benzene rings is 1. The van der Waals surface area contributed by atoms with Gasteiger partial charge in [-0.1, -0.05) is 46.3 Å². The van der Waals surface area contributed by atoms with Crippen molar-refractivity contribution in [1.29, 1.82) is 0 Å². The molecule has 1 fully saturated rings. The lowest BCUT2D eigenvalue weighted by Gasteiger charge is -2.67. The molecule has 0 saturated heterocycles. The highest BCUT2D eigenvalue weighted by atomic mass is 16.6. The van der Waals surface area contributed by atoms with Gasteiger partial charge in [0.2, 0.25) is 5.78 Å². The van der Waals surface area contributed by atoms with Crippen LogP contribution in [0.4, 0.5) is 0 Å². The van der Waals surface area contributed by atoms with Crippen LogP contribution in [0.3, 0.4) is 0 Å². The predicted molar refractivity (Wildman–Crippen MR) is 191 cm³/mol. The molecule has 9 heteroatoms. The van der Waals surface area contributed by atoms with Crippen molar-refractivity contribution < 1.29 is 44.2 Å². The maximum atomic E-state index is 13.8. The third kappa shape index (κ3) is 4.97. The Labute approximate surface area is 301 Å². The van der Waals surface area contributed by atoms with Gasteiger partial charge in [-0.25, -0.2) is 0 Å². The summed E-state index contributed by atoms with van der Waals surface area (Å²) in [4.78, 5) is 26.4. The highest BCUT2D eigenvalue weighted by molar-refractivity contribution is 6.11. The van der Waals surface area contributed by atoms with Crippen LogP contribution >= 0.6 is 0 Å². The number of esters is 1. The Balaban J connectivity index is 1.54. The summed E-state index contributed by atoms with van der Waals surface area (Å²) in [6.07, 6.45) is 7.29. The van der Waals surface area contributed by atoms with Crippen molar-refractivity contribution in [1.82, 2.24) is 0 Å². The van der Waals surface area contributed by atoms with Crippen molar-refractivity contribution in [3.63, 3.8) is 0 Å². The number of Topliss-reactive ketones (excluding diaryl/α,β-unsaturated/α-hetero) is 1. The summed E-state index contributed by atoms with van der Waals surface area (Å²) < 4.78 is 20.8. The number of hydrogen-bond acceptors (Lipinski definition) is 9. The second-order valence-electron chi connectivity index (χ2n) is 18.4. The first-order valence-corrected chi connectivity index (χ1v) is 18.4. The topological polar surface area (TPSA) is 143 Å². The largest absolute Gasteiger partial charge is 0.504 e. The van der Waals surface area contributed by atoms with Crippen LogP contribution in [0.15, 0.2) is 52.3 Å². The summed E-state index contributed by atoms with van der Waals surface area (Å²) >= 11 is 0. The lowest BCUT2D eigenvalue weighted by Crippen LogP contribution is -2.76. The molecule has 6 atom stereocenters. The highest BCUT2D eigenvalue weighted by Gasteiger charge is 2.74. The van der Waals surface area contributed by atoms with Gasteiger partial charge in [0.25, 0.3) is 0 Å². The van der Waals surface area contributed by atoms with Gasteiger partial charge in [-0.2, -0.15) is 0 Å². The Hall–Kier alpha value is -3.40. The molecule has 51 heavy (non-hydrogen) atoms. The zero-order valence-corrected chi connectivity index (χ0v) is 31.7. The second-order valence-corrected chi connectivity index (χ2v) is 18.4. The molecule has 1 spiro atoms. The molecule has 0 amide bonds. The van der Waals surface area contributed by atoms with E-state index in [1.54, 1.807) is 19.9 Å². The Morgan fingerprint density at radius 2 is 1.71 bits per heavy atom. The molecule has 1 aliphatic heterocycles. The first-order valence-electron chi connectivity index (χ1n) is 18.4. The molecule has 1 saturated carbocycles. The van der Waals surface area contributed by atoms with Gasteiger partial charge in [0.15, 0.2) is 29.0 Å². The molecule has 0 radical (unpaired) electrons. The first kappa shape index (κ1) is 36.0. The van der Waals surface area contributed by atoms with Gasteiger partial charge >= 0.3 is 5.97 Å². The minimum Gasteiger partial charge on any atom is -0.504 e. The van der Waals surface area contributed by atoms with E-state index in [1.807, 2.05) is 32.9 Å². The summed E-state index contributed by atoms with van der Waals surface area (Å²) in [7, 11) is 0. The maximum Gasteiger partial charge on any atom is 0.302 e. The van der Waals surface area contributed by atoms with Crippen LogP contribution in [0, 0.1) is 22.2 Å². The van der Waals surface area contributed by atoms with Gasteiger partial charge < -0.3 is 34.6 Å². The molecule has 276 valence electrons. The molecule has 1 aromatic carbocycles. The second kappa shape index (κ2) is 11.1. The van der Waals surface area contributed by atoms with Crippen LogP contribution in [0.25, 0.3) is 0 Å². The number of rotatable bonds is 3. The monoisotopic (exact) mass is 702 g/mol. The third-order valence-electron chi connectivity index (χ3n) is 13.3. The van der Waals surface area contributed by atoms with E-state index in [4.69, 9.17) is 14.2 Å². The molecule has 4 N–H and O–H groups in total. The van der Waals surface area contributed by atoms with Crippen LogP contribution in [0.1, 0.15) is 124 Å². The van der Waals surface area contributed by atoms with Gasteiger partial charge in [0, 0.05) is 40.0 Å². The minimum absolute atomic E-state index is 0.0217. The molecule has 0 aromatic heterocycles. The smallest absolute Gasteiger partial charge is 0.302 e. The SMILES string of the molecule is CC(=O)O[C@H]1CC[C@]2(C)C3=C(O)C(=O)C(C(C)(C)O)=CC3=C[C@@H]3Oc4c(C(C)(C)O)cc5c(c4O[C@@]32C1(C)C)CC1=CCCC(C)(C)[C@@H]1C[C@H]5O. The zero-order chi connectivity index (χ0) is 37.4. The average Bonchev–Trinajstić information content (AvgIpc) is 3.14. The lowest BCUT2D eigenvalue weighted by molar-refractivity contribution is -0.245. The van der Waals surface area contributed by atoms with Crippen molar-refractivity contribution in [3.8, 4) is 11.5 Å². The van der Waals surface area contributed by atoms with Crippen molar-refractivity contribution >= 4 is 11.8 Å². The Kier molecular flexibility index (Phi) is 7.80. The number of aliphatic hydroxyl groups excluding tert-OH is 2. The van der Waals surface area contributed by atoms with Crippen molar-refractivity contribution in [2.24, 2.45) is 22.2 Å². The summed E-state index contributed by atoms with van der Waals surface area (Å²) in [6.45, 7) is 18.2. The molecule has 5 aliphatic carbocycles. The van der Waals surface area contributed by atoms with Crippen LogP contribution in [0.2, 0.25) is 0 Å². The predicted octanol–water partition coefficient (Wildman–Crippen LogP) is 6.92. The molecule has 7 rings (SSSR count). The Morgan fingerprint density at radius 1 is 1.02 bits per heavy atom. The molecule has 0 unspecified atom stereocenters. The summed E-state index contributed by atoms with van der Waals surface area (Å²) in [5.74, 6) is -0.601. The van der Waals surface area contributed by atoms with E-state index in [0.717, 1.165) is 18.4 Å². The summed E-state index contributed by atoms with van der Waals surface area (Å²) in [5, 5.41) is 46.5. The molecule has 1 heterocycles. The zero-order valence-electron chi connectivity index (χ0n) is 31.7. The maximum absolute atomic E-state index is 13.8. The van der Waals surface area contributed by atoms with E-state index < -0.39 is 63.5 Å². The lowest BCUT2D eigenvalue weighted by atomic mass is 9.44. The number of carbonyl (C=O) groups is 2. The number of hydrogen-bond donors (Lipinski definition) is 4. The quantitative estimate of drug-likeness (QED) is 0.195. The Morgan fingerprint density at radius 3 is 2.33 bits per heavy atom. The summed E-state index contributed by atoms with van der Waals surface area (Å²) in [5.41, 5.74) is -2.14. The molecule has 1 aromatic rings. The molecular weight excluding hydrogens is 648 g/mol. The van der Waals surface area contributed by atoms with E-state index in [1.165, 1.54) is 26.3 Å². The van der Waals surface area contributed by atoms with Crippen LogP contribution in [0.5, 0.6) is 11.5 Å². The van der Waals surface area contributed by atoms with Crippen molar-refractivity contribution in [3.05, 3.63) is 69.0 Å². The van der Waals surface area contributed by atoms with Crippen LogP contribution in [-0.4, -0.2) is 55.6 Å². The fraction of sp³-hybridized carbons (Fsp3) is 0.619. The standard InChI is InChI=1S/C42H54O9/c1-21(43)49-30-13-15-41(10)32-23(17-27(39(6,7)47)33(45)34(32)46)18-31-42(41,38(30,4)5)51-35-25-16-22-12-11-14-37(2,3)26(22)20-29(44)24(25)19-28(36(35)50-31)40(8,9)48/h12,17-19,26,29-31,44,46-48H,11,13-16,20H2,1-10H3/t26-,29-,30+,31+,41-,42-/m1/s1. The van der Waals surface area contributed by atoms with Crippen LogP contribution < -0.4 is 9.47 Å². The first-order chi connectivity index (χ1) is 23.5. The number of carbonyl (C=O) groups excluding carboxylic acids is 2. The fourth-order valence-electron chi connectivity index (χ4n) is 10.7. The van der Waals surface area contributed by atoms with E-state index >= 15 is 0 Å². The molecule has 6 aliphatic rings. The number of ketones is 1. The fourth-order valence-corrected chi connectivity index (χ4v) is 10.7. The van der Waals surface area contributed by atoms with E-state index in [2.05, 4.69) is 19.9 Å².